The Kier molecular flexibility index (Phi) is 8.86. The van der Waals surface area contributed by atoms with Crippen LogP contribution in [0.25, 0.3) is 0 Å². The summed E-state index contributed by atoms with van der Waals surface area (Å²) < 4.78 is 40.3. The van der Waals surface area contributed by atoms with E-state index in [4.69, 9.17) is 14.5 Å². The number of likely N-dealkylation sites (tertiary alicyclic amines) is 1. The van der Waals surface area contributed by atoms with Gasteiger partial charge in [0, 0.05) is 24.7 Å². The van der Waals surface area contributed by atoms with E-state index in [9.17, 15) is 14.3 Å². The fraction of sp³-hybridized carbons (Fsp3) is 0.586. The van der Waals surface area contributed by atoms with Gasteiger partial charge in [0.15, 0.2) is 0 Å². The standard InChI is InChI=1S/C29H37F2N3O4/c30-22-9-7-21(16-38-24-17-37-18-24)25(14-22)27(29(35)36)34-13-11-20(15-34)26(31)6-2-1-5-23-10-8-19-4-3-12-32-28(19)33-23/h7-10,14,20,24,26-27H,1-6,11-13,15-18H2,(H,32,33)(H,35,36)/t20-,26?,27?/m1/s1. The van der Waals surface area contributed by atoms with Gasteiger partial charge in [-0.05, 0) is 80.0 Å². The van der Waals surface area contributed by atoms with E-state index in [2.05, 4.69) is 17.4 Å². The number of aliphatic carboxylic acids is 1. The molecule has 3 aliphatic heterocycles. The Bertz CT molecular complexity index is 1110. The third kappa shape index (κ3) is 6.50. The van der Waals surface area contributed by atoms with Crippen molar-refractivity contribution in [1.82, 2.24) is 9.88 Å². The van der Waals surface area contributed by atoms with E-state index in [0.29, 0.717) is 50.3 Å². The van der Waals surface area contributed by atoms with Crippen LogP contribution in [0.3, 0.4) is 0 Å². The maximum absolute atomic E-state index is 15.2. The van der Waals surface area contributed by atoms with Gasteiger partial charge in [-0.1, -0.05) is 18.6 Å². The minimum atomic E-state index is -1.06. The highest BCUT2D eigenvalue weighted by molar-refractivity contribution is 5.76. The van der Waals surface area contributed by atoms with Crippen LogP contribution in [0.1, 0.15) is 60.5 Å². The summed E-state index contributed by atoms with van der Waals surface area (Å²) in [5, 5.41) is 13.4. The molecule has 4 heterocycles. The number of unbranched alkanes of at least 4 members (excludes halogenated alkanes) is 1. The zero-order valence-corrected chi connectivity index (χ0v) is 21.7. The van der Waals surface area contributed by atoms with Crippen molar-refractivity contribution in [2.75, 3.05) is 38.2 Å². The number of ether oxygens (including phenoxy) is 2. The Balaban J connectivity index is 1.14. The van der Waals surface area contributed by atoms with Crippen LogP contribution in [0.4, 0.5) is 14.6 Å². The van der Waals surface area contributed by atoms with Gasteiger partial charge in [0.2, 0.25) is 0 Å². The fourth-order valence-electron chi connectivity index (χ4n) is 5.69. The van der Waals surface area contributed by atoms with Crippen molar-refractivity contribution >= 4 is 11.8 Å². The van der Waals surface area contributed by atoms with Crippen LogP contribution in [-0.2, 0) is 33.7 Å². The first-order chi connectivity index (χ1) is 18.5. The number of hydrogen-bond donors (Lipinski definition) is 2. The summed E-state index contributed by atoms with van der Waals surface area (Å²) >= 11 is 0. The van der Waals surface area contributed by atoms with Crippen LogP contribution < -0.4 is 5.32 Å². The Hall–Kier alpha value is -2.62. The Morgan fingerprint density at radius 1 is 1.26 bits per heavy atom. The number of hydrogen-bond acceptors (Lipinski definition) is 6. The number of rotatable bonds is 12. The van der Waals surface area contributed by atoms with Gasteiger partial charge >= 0.3 is 5.97 Å². The second-order valence-corrected chi connectivity index (χ2v) is 10.7. The van der Waals surface area contributed by atoms with Crippen LogP contribution in [0.15, 0.2) is 30.3 Å². The summed E-state index contributed by atoms with van der Waals surface area (Å²) in [5.74, 6) is -0.804. The van der Waals surface area contributed by atoms with Crippen LogP contribution >= 0.6 is 0 Å². The molecule has 2 fully saturated rings. The number of nitrogens with zero attached hydrogens (tertiary/aromatic N) is 2. The van der Waals surface area contributed by atoms with Crippen molar-refractivity contribution in [3.63, 3.8) is 0 Å². The van der Waals surface area contributed by atoms with Gasteiger partial charge in [0.1, 0.15) is 30.0 Å². The SMILES string of the molecule is O=C(O)C(c1cc(F)ccc1COC1COC1)N1CC[C@@H](C(F)CCCCc2ccc3c(n2)NCCC3)C1. The van der Waals surface area contributed by atoms with E-state index in [-0.39, 0.29) is 18.6 Å². The number of pyridine rings is 1. The lowest BCUT2D eigenvalue weighted by atomic mass is 9.96. The van der Waals surface area contributed by atoms with E-state index < -0.39 is 24.0 Å². The first-order valence-corrected chi connectivity index (χ1v) is 13.8. The molecular formula is C29H37F2N3O4. The summed E-state index contributed by atoms with van der Waals surface area (Å²) in [6, 6.07) is 7.36. The highest BCUT2D eigenvalue weighted by Crippen LogP contribution is 2.34. The maximum atomic E-state index is 15.2. The summed E-state index contributed by atoms with van der Waals surface area (Å²) in [6.07, 6.45) is 4.63. The molecular weight excluding hydrogens is 492 g/mol. The molecule has 5 rings (SSSR count). The Morgan fingerprint density at radius 3 is 2.92 bits per heavy atom. The first kappa shape index (κ1) is 27.0. The third-order valence-electron chi connectivity index (χ3n) is 7.97. The van der Waals surface area contributed by atoms with Crippen LogP contribution in [0, 0.1) is 11.7 Å². The number of aryl methyl sites for hydroxylation is 2. The second kappa shape index (κ2) is 12.5. The average molecular weight is 530 g/mol. The molecule has 38 heavy (non-hydrogen) atoms. The molecule has 2 unspecified atom stereocenters. The molecule has 7 nitrogen and oxygen atoms in total. The van der Waals surface area contributed by atoms with Gasteiger partial charge in [0.05, 0.1) is 19.8 Å². The molecule has 0 radical (unpaired) electrons. The second-order valence-electron chi connectivity index (χ2n) is 10.7. The Labute approximate surface area is 222 Å². The van der Waals surface area contributed by atoms with Gasteiger partial charge in [-0.2, -0.15) is 0 Å². The van der Waals surface area contributed by atoms with Crippen molar-refractivity contribution in [2.45, 2.75) is 69.9 Å². The molecule has 0 bridgehead atoms. The van der Waals surface area contributed by atoms with E-state index in [0.717, 1.165) is 50.2 Å². The number of halogens is 2. The van der Waals surface area contributed by atoms with E-state index >= 15 is 4.39 Å². The predicted octanol–water partition coefficient (Wildman–Crippen LogP) is 4.69. The van der Waals surface area contributed by atoms with E-state index in [1.807, 2.05) is 0 Å². The lowest BCUT2D eigenvalue weighted by Gasteiger charge is -2.29. The minimum Gasteiger partial charge on any atom is -0.480 e. The lowest BCUT2D eigenvalue weighted by Crippen LogP contribution is -2.36. The number of fused-ring (bicyclic) bond motifs is 1. The molecule has 0 aliphatic carbocycles. The number of carboxylic acid groups (broad SMARTS) is 1. The van der Waals surface area contributed by atoms with Crippen molar-refractivity contribution in [2.24, 2.45) is 5.92 Å². The maximum Gasteiger partial charge on any atom is 0.325 e. The van der Waals surface area contributed by atoms with Crippen LogP contribution in [0.5, 0.6) is 0 Å². The summed E-state index contributed by atoms with van der Waals surface area (Å²) in [5.41, 5.74) is 3.31. The summed E-state index contributed by atoms with van der Waals surface area (Å²) in [7, 11) is 0. The molecule has 2 saturated heterocycles. The topological polar surface area (TPSA) is 83.9 Å². The molecule has 3 aliphatic rings. The number of benzene rings is 1. The normalized spacial score (nSPS) is 21.4. The predicted molar refractivity (Wildman–Crippen MR) is 139 cm³/mol. The molecule has 0 amide bonds. The summed E-state index contributed by atoms with van der Waals surface area (Å²) in [6.45, 7) is 2.95. The zero-order chi connectivity index (χ0) is 26.5. The fourth-order valence-corrected chi connectivity index (χ4v) is 5.69. The van der Waals surface area contributed by atoms with Crippen LogP contribution in [0.2, 0.25) is 0 Å². The first-order valence-electron chi connectivity index (χ1n) is 13.8. The minimum absolute atomic E-state index is 0.0284. The molecule has 3 atom stereocenters. The van der Waals surface area contributed by atoms with Crippen molar-refractivity contribution in [3.8, 4) is 0 Å². The highest BCUT2D eigenvalue weighted by atomic mass is 19.1. The van der Waals surface area contributed by atoms with Gasteiger partial charge in [-0.15, -0.1) is 0 Å². The van der Waals surface area contributed by atoms with Gasteiger partial charge in [0.25, 0.3) is 0 Å². The number of nitrogens with one attached hydrogen (secondary N) is 1. The average Bonchev–Trinajstić information content (AvgIpc) is 3.36. The number of carbonyl (C=O) groups is 1. The molecule has 2 aromatic rings. The van der Waals surface area contributed by atoms with Gasteiger partial charge < -0.3 is 19.9 Å². The van der Waals surface area contributed by atoms with Crippen molar-refractivity contribution < 1.29 is 28.2 Å². The summed E-state index contributed by atoms with van der Waals surface area (Å²) in [4.78, 5) is 18.8. The molecule has 0 saturated carbocycles. The van der Waals surface area contributed by atoms with Gasteiger partial charge in [-0.25, -0.2) is 13.8 Å². The van der Waals surface area contributed by atoms with Crippen LogP contribution in [-0.4, -0.2) is 66.1 Å². The highest BCUT2D eigenvalue weighted by Gasteiger charge is 2.38. The lowest BCUT2D eigenvalue weighted by molar-refractivity contribution is -0.143. The quantitative estimate of drug-likeness (QED) is 0.386. The van der Waals surface area contributed by atoms with E-state index in [1.54, 1.807) is 11.0 Å². The van der Waals surface area contributed by atoms with Crippen molar-refractivity contribution in [1.29, 1.82) is 0 Å². The smallest absolute Gasteiger partial charge is 0.325 e. The number of alkyl halides is 1. The molecule has 1 aromatic carbocycles. The third-order valence-corrected chi connectivity index (χ3v) is 7.97. The Morgan fingerprint density at radius 2 is 2.13 bits per heavy atom. The zero-order valence-electron chi connectivity index (χ0n) is 21.7. The molecule has 0 spiro atoms. The van der Waals surface area contributed by atoms with E-state index in [1.165, 1.54) is 17.7 Å². The van der Waals surface area contributed by atoms with Gasteiger partial charge in [-0.3, -0.25) is 9.69 Å². The largest absolute Gasteiger partial charge is 0.480 e. The molecule has 1 aromatic heterocycles. The number of anilines is 1. The monoisotopic (exact) mass is 529 g/mol. The molecule has 9 heteroatoms. The number of aromatic nitrogens is 1. The molecule has 206 valence electrons. The number of carboxylic acids is 1. The molecule has 2 N–H and O–H groups in total. The van der Waals surface area contributed by atoms with Crippen molar-refractivity contribution in [3.05, 3.63) is 58.5 Å².